The fourth-order valence-corrected chi connectivity index (χ4v) is 3.34. The van der Waals surface area contributed by atoms with Crippen LogP contribution in [0.2, 0.25) is 0 Å². The van der Waals surface area contributed by atoms with Crippen LogP contribution < -0.4 is 0 Å². The first kappa shape index (κ1) is 12.9. The van der Waals surface area contributed by atoms with E-state index in [4.69, 9.17) is 4.74 Å². The standard InChI is InChI=1S/C14H12O2S2/c1-3-5-10-6-7-11(17-10)12-8-9-13(18-12)14(15)16-4-2/h6-9H,4H2,1-2H3. The Labute approximate surface area is 114 Å². The molecule has 2 heterocycles. The van der Waals surface area contributed by atoms with E-state index in [2.05, 4.69) is 11.8 Å². The summed E-state index contributed by atoms with van der Waals surface area (Å²) in [7, 11) is 0. The van der Waals surface area contributed by atoms with Crippen molar-refractivity contribution in [1.82, 2.24) is 0 Å². The summed E-state index contributed by atoms with van der Waals surface area (Å²) in [5.74, 6) is 5.66. The lowest BCUT2D eigenvalue weighted by Gasteiger charge is -1.96. The second-order valence-electron chi connectivity index (χ2n) is 3.42. The molecule has 0 radical (unpaired) electrons. The summed E-state index contributed by atoms with van der Waals surface area (Å²) in [6.07, 6.45) is 0. The number of hydrogen-bond donors (Lipinski definition) is 0. The van der Waals surface area contributed by atoms with E-state index < -0.39 is 0 Å². The van der Waals surface area contributed by atoms with Crippen molar-refractivity contribution in [1.29, 1.82) is 0 Å². The molecule has 0 aliphatic carbocycles. The molecule has 2 aromatic heterocycles. The molecule has 4 heteroatoms. The molecule has 0 atom stereocenters. The average Bonchev–Trinajstić information content (AvgIpc) is 2.97. The molecule has 0 aromatic carbocycles. The van der Waals surface area contributed by atoms with Crippen molar-refractivity contribution in [3.63, 3.8) is 0 Å². The summed E-state index contributed by atoms with van der Waals surface area (Å²) >= 11 is 3.09. The van der Waals surface area contributed by atoms with E-state index in [1.165, 1.54) is 11.3 Å². The van der Waals surface area contributed by atoms with Gasteiger partial charge < -0.3 is 4.74 Å². The summed E-state index contributed by atoms with van der Waals surface area (Å²) < 4.78 is 4.97. The maximum Gasteiger partial charge on any atom is 0.348 e. The van der Waals surface area contributed by atoms with Gasteiger partial charge in [0.05, 0.1) is 11.5 Å². The summed E-state index contributed by atoms with van der Waals surface area (Å²) in [5.41, 5.74) is 0. The summed E-state index contributed by atoms with van der Waals surface area (Å²) in [6.45, 7) is 4.03. The second-order valence-corrected chi connectivity index (χ2v) is 5.59. The van der Waals surface area contributed by atoms with Crippen molar-refractivity contribution in [3.05, 3.63) is 34.0 Å². The lowest BCUT2D eigenvalue weighted by molar-refractivity contribution is 0.0532. The Bertz CT molecular complexity index is 611. The third-order valence-electron chi connectivity index (χ3n) is 2.18. The van der Waals surface area contributed by atoms with Gasteiger partial charge in [0, 0.05) is 9.75 Å². The maximum atomic E-state index is 11.6. The Hall–Kier alpha value is -1.57. The molecule has 2 aromatic rings. The van der Waals surface area contributed by atoms with Crippen molar-refractivity contribution >= 4 is 28.6 Å². The number of rotatable bonds is 3. The van der Waals surface area contributed by atoms with Crippen molar-refractivity contribution in [3.8, 4) is 21.6 Å². The third kappa shape index (κ3) is 2.81. The summed E-state index contributed by atoms with van der Waals surface area (Å²) in [6, 6.07) is 7.79. The van der Waals surface area contributed by atoms with Crippen LogP contribution >= 0.6 is 22.7 Å². The number of carbonyl (C=O) groups excluding carboxylic acids is 1. The molecule has 0 fully saturated rings. The number of hydrogen-bond acceptors (Lipinski definition) is 4. The highest BCUT2D eigenvalue weighted by molar-refractivity contribution is 7.23. The SMILES string of the molecule is CC#Cc1ccc(-c2ccc(C(=O)OCC)s2)s1. The van der Waals surface area contributed by atoms with E-state index in [0.29, 0.717) is 11.5 Å². The van der Waals surface area contributed by atoms with E-state index >= 15 is 0 Å². The first-order valence-corrected chi connectivity index (χ1v) is 7.17. The topological polar surface area (TPSA) is 26.3 Å². The fraction of sp³-hybridized carbons (Fsp3) is 0.214. The van der Waals surface area contributed by atoms with Crippen molar-refractivity contribution in [2.45, 2.75) is 13.8 Å². The van der Waals surface area contributed by atoms with Crippen LogP contribution in [0.4, 0.5) is 0 Å². The molecule has 0 aliphatic heterocycles. The molecule has 0 spiro atoms. The molecule has 0 bridgehead atoms. The van der Waals surface area contributed by atoms with Gasteiger partial charge in [-0.25, -0.2) is 4.79 Å². The van der Waals surface area contributed by atoms with E-state index in [9.17, 15) is 4.79 Å². The molecule has 92 valence electrons. The van der Waals surface area contributed by atoms with Crippen LogP contribution in [0.25, 0.3) is 9.75 Å². The highest BCUT2D eigenvalue weighted by Crippen LogP contribution is 2.33. The second kappa shape index (κ2) is 5.85. The summed E-state index contributed by atoms with van der Waals surface area (Å²) in [4.78, 5) is 15.5. The molecular weight excluding hydrogens is 264 g/mol. The van der Waals surface area contributed by atoms with E-state index in [1.54, 1.807) is 18.3 Å². The van der Waals surface area contributed by atoms with Gasteiger partial charge in [0.25, 0.3) is 0 Å². The number of thiophene rings is 2. The normalized spacial score (nSPS) is 9.67. The van der Waals surface area contributed by atoms with Gasteiger partial charge in [-0.1, -0.05) is 5.92 Å². The Balaban J connectivity index is 2.22. The summed E-state index contributed by atoms with van der Waals surface area (Å²) in [5, 5.41) is 0. The maximum absolute atomic E-state index is 11.6. The molecule has 0 N–H and O–H groups in total. The van der Waals surface area contributed by atoms with Crippen molar-refractivity contribution in [2.75, 3.05) is 6.61 Å². The molecule has 0 unspecified atom stereocenters. The van der Waals surface area contributed by atoms with Gasteiger partial charge >= 0.3 is 5.97 Å². The highest BCUT2D eigenvalue weighted by Gasteiger charge is 2.11. The van der Waals surface area contributed by atoms with Gasteiger partial charge in [0.2, 0.25) is 0 Å². The molecule has 0 saturated heterocycles. The minimum atomic E-state index is -0.251. The van der Waals surface area contributed by atoms with Crippen LogP contribution in [0.3, 0.4) is 0 Å². The minimum absolute atomic E-state index is 0.251. The lowest BCUT2D eigenvalue weighted by Crippen LogP contribution is -2.01. The molecule has 2 rings (SSSR count). The Morgan fingerprint density at radius 2 is 1.94 bits per heavy atom. The highest BCUT2D eigenvalue weighted by atomic mass is 32.1. The zero-order valence-corrected chi connectivity index (χ0v) is 11.8. The van der Waals surface area contributed by atoms with E-state index in [0.717, 1.165) is 14.6 Å². The van der Waals surface area contributed by atoms with Gasteiger partial charge in [-0.05, 0) is 38.1 Å². The average molecular weight is 276 g/mol. The molecule has 0 amide bonds. The smallest absolute Gasteiger partial charge is 0.348 e. The fourth-order valence-electron chi connectivity index (χ4n) is 1.44. The van der Waals surface area contributed by atoms with Crippen LogP contribution in [0.15, 0.2) is 24.3 Å². The minimum Gasteiger partial charge on any atom is -0.462 e. The Morgan fingerprint density at radius 1 is 1.22 bits per heavy atom. The van der Waals surface area contributed by atoms with E-state index in [1.807, 2.05) is 31.2 Å². The van der Waals surface area contributed by atoms with Gasteiger partial charge in [-0.3, -0.25) is 0 Å². The first-order chi connectivity index (χ1) is 8.74. The Kier molecular flexibility index (Phi) is 4.19. The monoisotopic (exact) mass is 276 g/mol. The zero-order chi connectivity index (χ0) is 13.0. The van der Waals surface area contributed by atoms with Gasteiger partial charge in [0.1, 0.15) is 4.88 Å². The predicted molar refractivity (Wildman–Crippen MR) is 76.1 cm³/mol. The van der Waals surface area contributed by atoms with Crippen LogP contribution in [-0.2, 0) is 4.74 Å². The number of ether oxygens (including phenoxy) is 1. The van der Waals surface area contributed by atoms with Crippen molar-refractivity contribution in [2.24, 2.45) is 0 Å². The van der Waals surface area contributed by atoms with Crippen LogP contribution in [0.5, 0.6) is 0 Å². The predicted octanol–water partition coefficient (Wildman–Crippen LogP) is 4.02. The van der Waals surface area contributed by atoms with E-state index in [-0.39, 0.29) is 5.97 Å². The molecule has 18 heavy (non-hydrogen) atoms. The van der Waals surface area contributed by atoms with Crippen LogP contribution in [0.1, 0.15) is 28.4 Å². The quantitative estimate of drug-likeness (QED) is 0.625. The largest absolute Gasteiger partial charge is 0.462 e. The van der Waals surface area contributed by atoms with Crippen LogP contribution in [0, 0.1) is 11.8 Å². The van der Waals surface area contributed by atoms with Crippen LogP contribution in [-0.4, -0.2) is 12.6 Å². The third-order valence-corrected chi connectivity index (χ3v) is 4.44. The number of esters is 1. The lowest BCUT2D eigenvalue weighted by atomic mass is 10.3. The number of carbonyl (C=O) groups is 1. The molecule has 0 saturated carbocycles. The first-order valence-electron chi connectivity index (χ1n) is 5.54. The van der Waals surface area contributed by atoms with Gasteiger partial charge in [-0.15, -0.1) is 28.6 Å². The zero-order valence-electron chi connectivity index (χ0n) is 10.1. The van der Waals surface area contributed by atoms with Crippen molar-refractivity contribution < 1.29 is 9.53 Å². The van der Waals surface area contributed by atoms with Gasteiger partial charge in [-0.2, -0.15) is 0 Å². The molecular formula is C14H12O2S2. The van der Waals surface area contributed by atoms with Gasteiger partial charge in [0.15, 0.2) is 0 Å². The molecule has 2 nitrogen and oxygen atoms in total. The Morgan fingerprint density at radius 3 is 2.67 bits per heavy atom. The molecule has 0 aliphatic rings.